The maximum atomic E-state index is 9.64. The average Bonchev–Trinajstić information content (AvgIpc) is 2.36. The lowest BCUT2D eigenvalue weighted by atomic mass is 10.0. The molecule has 0 bridgehead atoms. The number of aryl methyl sites for hydroxylation is 1. The van der Waals surface area contributed by atoms with E-state index in [1.54, 1.807) is 6.92 Å². The Bertz CT molecular complexity index is 291. The van der Waals surface area contributed by atoms with E-state index in [0.717, 1.165) is 10.4 Å². The van der Waals surface area contributed by atoms with E-state index in [-0.39, 0.29) is 0 Å². The minimum atomic E-state index is -1.10. The van der Waals surface area contributed by atoms with Crippen LogP contribution in [0.4, 0.5) is 0 Å². The molecule has 1 heterocycles. The van der Waals surface area contributed by atoms with Crippen molar-refractivity contribution in [2.45, 2.75) is 19.4 Å². The molecule has 0 aromatic carbocycles. The second kappa shape index (κ2) is 2.69. The number of thiophene rings is 1. The van der Waals surface area contributed by atoms with E-state index in [0.29, 0.717) is 0 Å². The van der Waals surface area contributed by atoms with Crippen LogP contribution in [0.3, 0.4) is 0 Å². The predicted octanol–water partition coefficient (Wildman–Crippen LogP) is 1.90. The van der Waals surface area contributed by atoms with Crippen LogP contribution in [0, 0.1) is 19.3 Å². The van der Waals surface area contributed by atoms with Crippen molar-refractivity contribution in [1.29, 1.82) is 0 Å². The molecule has 1 aromatic heterocycles. The molecule has 58 valence electrons. The highest BCUT2D eigenvalue weighted by molar-refractivity contribution is 7.10. The minimum absolute atomic E-state index is 0.861. The first-order valence-corrected chi connectivity index (χ1v) is 4.20. The smallest absolute Gasteiger partial charge is 0.157 e. The summed E-state index contributed by atoms with van der Waals surface area (Å²) in [5.41, 5.74) is -0.0453. The van der Waals surface area contributed by atoms with Gasteiger partial charge in [0.1, 0.15) is 0 Å². The molecule has 0 aliphatic carbocycles. The van der Waals surface area contributed by atoms with Gasteiger partial charge in [-0.15, -0.1) is 17.8 Å². The molecule has 1 nitrogen and oxygen atoms in total. The molecular formula is C9H10OS. The van der Waals surface area contributed by atoms with Crippen LogP contribution in [0.25, 0.3) is 0 Å². The summed E-state index contributed by atoms with van der Waals surface area (Å²) < 4.78 is 0. The molecule has 0 aliphatic rings. The molecule has 1 N–H and O–H groups in total. The Morgan fingerprint density at radius 3 is 2.73 bits per heavy atom. The van der Waals surface area contributed by atoms with Crippen LogP contribution in [0.15, 0.2) is 11.4 Å². The third-order valence-corrected chi connectivity index (χ3v) is 2.81. The first kappa shape index (κ1) is 8.32. The number of rotatable bonds is 1. The van der Waals surface area contributed by atoms with Crippen LogP contribution in [0.2, 0.25) is 0 Å². The van der Waals surface area contributed by atoms with Gasteiger partial charge >= 0.3 is 0 Å². The van der Waals surface area contributed by atoms with E-state index >= 15 is 0 Å². The molecule has 0 aliphatic heterocycles. The van der Waals surface area contributed by atoms with E-state index in [4.69, 9.17) is 6.42 Å². The molecule has 0 radical (unpaired) electrons. The zero-order valence-corrected chi connectivity index (χ0v) is 7.40. The second-order valence-corrected chi connectivity index (χ2v) is 3.57. The van der Waals surface area contributed by atoms with E-state index in [9.17, 15) is 5.11 Å². The van der Waals surface area contributed by atoms with Gasteiger partial charge in [-0.3, -0.25) is 0 Å². The SMILES string of the molecule is C#CC(C)(O)c1sccc1C. The average molecular weight is 166 g/mol. The zero-order valence-electron chi connectivity index (χ0n) is 6.59. The standard InChI is InChI=1S/C9H10OS/c1-4-9(3,10)8-7(2)5-6-11-8/h1,5-6,10H,2-3H3. The van der Waals surface area contributed by atoms with Gasteiger partial charge in [0.15, 0.2) is 5.60 Å². The van der Waals surface area contributed by atoms with Crippen molar-refractivity contribution >= 4 is 11.3 Å². The van der Waals surface area contributed by atoms with Crippen LogP contribution >= 0.6 is 11.3 Å². The summed E-state index contributed by atoms with van der Waals surface area (Å²) in [5.74, 6) is 2.35. The molecule has 0 saturated carbocycles. The summed E-state index contributed by atoms with van der Waals surface area (Å²) in [4.78, 5) is 0.861. The fraction of sp³-hybridized carbons (Fsp3) is 0.333. The Kier molecular flexibility index (Phi) is 2.03. The Hall–Kier alpha value is -0.780. The molecule has 1 atom stereocenters. The largest absolute Gasteiger partial charge is 0.373 e. The highest BCUT2D eigenvalue weighted by Gasteiger charge is 2.22. The summed E-state index contributed by atoms with van der Waals surface area (Å²) in [5, 5.41) is 11.6. The Morgan fingerprint density at radius 1 is 1.73 bits per heavy atom. The van der Waals surface area contributed by atoms with Crippen molar-refractivity contribution in [2.75, 3.05) is 0 Å². The summed E-state index contributed by atoms with van der Waals surface area (Å²) in [6.45, 7) is 3.57. The molecule has 0 spiro atoms. The Morgan fingerprint density at radius 2 is 2.36 bits per heavy atom. The van der Waals surface area contributed by atoms with Crippen LogP contribution in [0.1, 0.15) is 17.4 Å². The fourth-order valence-electron chi connectivity index (χ4n) is 0.937. The lowest BCUT2D eigenvalue weighted by Crippen LogP contribution is -2.17. The molecular weight excluding hydrogens is 156 g/mol. The first-order valence-electron chi connectivity index (χ1n) is 3.32. The number of terminal acetylenes is 1. The number of aliphatic hydroxyl groups is 1. The minimum Gasteiger partial charge on any atom is -0.373 e. The maximum Gasteiger partial charge on any atom is 0.157 e. The highest BCUT2D eigenvalue weighted by atomic mass is 32.1. The van der Waals surface area contributed by atoms with E-state index in [1.807, 2.05) is 18.4 Å². The van der Waals surface area contributed by atoms with Gasteiger partial charge in [-0.25, -0.2) is 0 Å². The molecule has 1 rings (SSSR count). The maximum absolute atomic E-state index is 9.64. The van der Waals surface area contributed by atoms with Crippen molar-refractivity contribution in [2.24, 2.45) is 0 Å². The van der Waals surface area contributed by atoms with Crippen LogP contribution < -0.4 is 0 Å². The lowest BCUT2D eigenvalue weighted by molar-refractivity contribution is 0.125. The van der Waals surface area contributed by atoms with Gasteiger partial charge in [-0.1, -0.05) is 5.92 Å². The van der Waals surface area contributed by atoms with Crippen LogP contribution in [-0.2, 0) is 5.60 Å². The van der Waals surface area contributed by atoms with Gasteiger partial charge in [0.25, 0.3) is 0 Å². The Labute approximate surface area is 70.7 Å². The predicted molar refractivity (Wildman–Crippen MR) is 47.5 cm³/mol. The molecule has 11 heavy (non-hydrogen) atoms. The summed E-state index contributed by atoms with van der Waals surface area (Å²) in [6, 6.07) is 1.95. The topological polar surface area (TPSA) is 20.2 Å². The first-order chi connectivity index (χ1) is 5.08. The molecule has 1 aromatic rings. The van der Waals surface area contributed by atoms with Gasteiger partial charge in [0.2, 0.25) is 0 Å². The molecule has 2 heteroatoms. The van der Waals surface area contributed by atoms with E-state index in [2.05, 4.69) is 5.92 Å². The lowest BCUT2D eigenvalue weighted by Gasteiger charge is -2.14. The molecule has 0 amide bonds. The normalized spacial score (nSPS) is 15.5. The second-order valence-electron chi connectivity index (χ2n) is 2.65. The van der Waals surface area contributed by atoms with Crippen molar-refractivity contribution in [3.8, 4) is 12.3 Å². The summed E-state index contributed by atoms with van der Waals surface area (Å²) in [7, 11) is 0. The molecule has 1 unspecified atom stereocenters. The zero-order chi connectivity index (χ0) is 8.48. The highest BCUT2D eigenvalue weighted by Crippen LogP contribution is 2.27. The van der Waals surface area contributed by atoms with Crippen LogP contribution in [-0.4, -0.2) is 5.11 Å². The van der Waals surface area contributed by atoms with Gasteiger partial charge in [0, 0.05) is 0 Å². The van der Waals surface area contributed by atoms with Crippen molar-refractivity contribution in [3.63, 3.8) is 0 Å². The van der Waals surface area contributed by atoms with Gasteiger partial charge in [-0.05, 0) is 30.9 Å². The number of hydrogen-bond donors (Lipinski definition) is 1. The van der Waals surface area contributed by atoms with Gasteiger partial charge < -0.3 is 5.11 Å². The third-order valence-electron chi connectivity index (χ3n) is 1.59. The Balaban J connectivity index is 3.13. The van der Waals surface area contributed by atoms with Gasteiger partial charge in [0.05, 0.1) is 4.88 Å². The third kappa shape index (κ3) is 1.45. The summed E-state index contributed by atoms with van der Waals surface area (Å²) in [6.07, 6.45) is 5.17. The monoisotopic (exact) mass is 166 g/mol. The fourth-order valence-corrected chi connectivity index (χ4v) is 1.89. The number of hydrogen-bond acceptors (Lipinski definition) is 2. The van der Waals surface area contributed by atoms with Crippen molar-refractivity contribution in [1.82, 2.24) is 0 Å². The van der Waals surface area contributed by atoms with E-state index in [1.165, 1.54) is 11.3 Å². The van der Waals surface area contributed by atoms with E-state index < -0.39 is 5.60 Å². The molecule has 0 fully saturated rings. The van der Waals surface area contributed by atoms with Gasteiger partial charge in [-0.2, -0.15) is 0 Å². The van der Waals surface area contributed by atoms with Crippen molar-refractivity contribution in [3.05, 3.63) is 21.9 Å². The molecule has 0 saturated heterocycles. The van der Waals surface area contributed by atoms with Crippen LogP contribution in [0.5, 0.6) is 0 Å². The van der Waals surface area contributed by atoms with Crippen molar-refractivity contribution < 1.29 is 5.11 Å². The summed E-state index contributed by atoms with van der Waals surface area (Å²) >= 11 is 1.49. The quantitative estimate of drug-likeness (QED) is 0.632.